The molecule has 1 fully saturated rings. The molecule has 1 saturated carbocycles. The fraction of sp³-hybridized carbons (Fsp3) is 0.368. The highest BCUT2D eigenvalue weighted by molar-refractivity contribution is 5.32. The van der Waals surface area contributed by atoms with E-state index in [0.29, 0.717) is 6.61 Å². The fourth-order valence-electron chi connectivity index (χ4n) is 2.92. The van der Waals surface area contributed by atoms with Gasteiger partial charge in [0.25, 0.3) is 0 Å². The Morgan fingerprint density at radius 3 is 2.55 bits per heavy atom. The molecule has 0 saturated heterocycles. The lowest BCUT2D eigenvalue weighted by molar-refractivity contribution is 0.305. The lowest BCUT2D eigenvalue weighted by Crippen LogP contribution is -2.01. The van der Waals surface area contributed by atoms with Gasteiger partial charge in [-0.2, -0.15) is 0 Å². The SMILES string of the molecule is CCC(c1cccc(OCc2ccccc2)c1)C1CC1. The molecule has 1 aliphatic rings. The number of hydrogen-bond donors (Lipinski definition) is 0. The van der Waals surface area contributed by atoms with Crippen LogP contribution in [0.3, 0.4) is 0 Å². The van der Waals surface area contributed by atoms with Gasteiger partial charge in [-0.05, 0) is 54.4 Å². The van der Waals surface area contributed by atoms with Gasteiger partial charge in [-0.25, -0.2) is 0 Å². The Labute approximate surface area is 121 Å². The van der Waals surface area contributed by atoms with Crippen molar-refractivity contribution in [1.29, 1.82) is 0 Å². The normalized spacial score (nSPS) is 15.8. The van der Waals surface area contributed by atoms with Gasteiger partial charge in [0.05, 0.1) is 0 Å². The molecule has 3 rings (SSSR count). The molecule has 1 aliphatic carbocycles. The molecule has 1 atom stereocenters. The molecule has 0 aliphatic heterocycles. The molecular weight excluding hydrogens is 244 g/mol. The Morgan fingerprint density at radius 1 is 1.05 bits per heavy atom. The van der Waals surface area contributed by atoms with E-state index < -0.39 is 0 Å². The highest BCUT2D eigenvalue weighted by atomic mass is 16.5. The van der Waals surface area contributed by atoms with Crippen molar-refractivity contribution in [3.8, 4) is 5.75 Å². The first-order chi connectivity index (χ1) is 9.86. The van der Waals surface area contributed by atoms with Gasteiger partial charge in [0, 0.05) is 0 Å². The zero-order valence-electron chi connectivity index (χ0n) is 12.1. The van der Waals surface area contributed by atoms with Crippen molar-refractivity contribution in [2.24, 2.45) is 5.92 Å². The van der Waals surface area contributed by atoms with Crippen molar-refractivity contribution in [2.75, 3.05) is 0 Å². The summed E-state index contributed by atoms with van der Waals surface area (Å²) in [5.74, 6) is 2.62. The predicted octanol–water partition coefficient (Wildman–Crippen LogP) is 5.17. The first-order valence-electron chi connectivity index (χ1n) is 7.63. The molecule has 0 spiro atoms. The van der Waals surface area contributed by atoms with Crippen LogP contribution in [-0.2, 0) is 6.61 Å². The van der Waals surface area contributed by atoms with E-state index in [1.165, 1.54) is 30.4 Å². The highest BCUT2D eigenvalue weighted by Crippen LogP contribution is 2.44. The molecule has 0 N–H and O–H groups in total. The van der Waals surface area contributed by atoms with Crippen LogP contribution in [0.5, 0.6) is 5.75 Å². The quantitative estimate of drug-likeness (QED) is 0.701. The molecule has 20 heavy (non-hydrogen) atoms. The number of rotatable bonds is 6. The molecule has 2 aromatic carbocycles. The summed E-state index contributed by atoms with van der Waals surface area (Å²) in [5, 5.41) is 0. The molecule has 0 aromatic heterocycles. The molecule has 1 heteroatoms. The highest BCUT2D eigenvalue weighted by Gasteiger charge is 2.30. The Bertz CT molecular complexity index is 543. The van der Waals surface area contributed by atoms with Gasteiger partial charge in [-0.1, -0.05) is 49.4 Å². The zero-order chi connectivity index (χ0) is 13.8. The lowest BCUT2D eigenvalue weighted by Gasteiger charge is -2.15. The van der Waals surface area contributed by atoms with E-state index in [-0.39, 0.29) is 0 Å². The van der Waals surface area contributed by atoms with E-state index in [1.807, 2.05) is 6.07 Å². The van der Waals surface area contributed by atoms with E-state index in [1.54, 1.807) is 0 Å². The van der Waals surface area contributed by atoms with Crippen LogP contribution < -0.4 is 4.74 Å². The summed E-state index contributed by atoms with van der Waals surface area (Å²) in [4.78, 5) is 0. The second-order valence-corrected chi connectivity index (χ2v) is 5.70. The van der Waals surface area contributed by atoms with Gasteiger partial charge < -0.3 is 4.74 Å². The standard InChI is InChI=1S/C19H22O/c1-2-19(16-11-12-16)17-9-6-10-18(13-17)20-14-15-7-4-3-5-8-15/h3-10,13,16,19H,2,11-12,14H2,1H3. The summed E-state index contributed by atoms with van der Waals surface area (Å²) < 4.78 is 5.93. The average Bonchev–Trinajstić information content (AvgIpc) is 3.32. The van der Waals surface area contributed by atoms with Gasteiger partial charge in [0.1, 0.15) is 12.4 Å². The van der Waals surface area contributed by atoms with E-state index in [4.69, 9.17) is 4.74 Å². The van der Waals surface area contributed by atoms with Crippen LogP contribution in [0, 0.1) is 5.92 Å². The van der Waals surface area contributed by atoms with Crippen LogP contribution in [-0.4, -0.2) is 0 Å². The van der Waals surface area contributed by atoms with Crippen molar-refractivity contribution in [3.63, 3.8) is 0 Å². The van der Waals surface area contributed by atoms with E-state index in [0.717, 1.165) is 17.6 Å². The molecule has 0 bridgehead atoms. The maximum atomic E-state index is 5.93. The Kier molecular flexibility index (Phi) is 4.05. The van der Waals surface area contributed by atoms with Gasteiger partial charge in [-0.15, -0.1) is 0 Å². The fourth-order valence-corrected chi connectivity index (χ4v) is 2.92. The smallest absolute Gasteiger partial charge is 0.120 e. The summed E-state index contributed by atoms with van der Waals surface area (Å²) in [5.41, 5.74) is 2.66. The second kappa shape index (κ2) is 6.13. The van der Waals surface area contributed by atoms with E-state index in [2.05, 4.69) is 55.5 Å². The molecule has 1 unspecified atom stereocenters. The van der Waals surface area contributed by atoms with E-state index in [9.17, 15) is 0 Å². The molecular formula is C19H22O. The Hall–Kier alpha value is -1.76. The lowest BCUT2D eigenvalue weighted by atomic mass is 9.92. The number of ether oxygens (including phenoxy) is 1. The van der Waals surface area contributed by atoms with Crippen molar-refractivity contribution in [1.82, 2.24) is 0 Å². The van der Waals surface area contributed by atoms with Crippen LogP contribution in [0.4, 0.5) is 0 Å². The van der Waals surface area contributed by atoms with Gasteiger partial charge in [-0.3, -0.25) is 0 Å². The average molecular weight is 266 g/mol. The van der Waals surface area contributed by atoms with Crippen LogP contribution in [0.15, 0.2) is 54.6 Å². The molecule has 0 amide bonds. The minimum absolute atomic E-state index is 0.643. The topological polar surface area (TPSA) is 9.23 Å². The van der Waals surface area contributed by atoms with Crippen molar-refractivity contribution in [3.05, 3.63) is 65.7 Å². The predicted molar refractivity (Wildman–Crippen MR) is 83.0 cm³/mol. The van der Waals surface area contributed by atoms with Crippen molar-refractivity contribution in [2.45, 2.75) is 38.7 Å². The maximum Gasteiger partial charge on any atom is 0.120 e. The third-order valence-electron chi connectivity index (χ3n) is 4.17. The second-order valence-electron chi connectivity index (χ2n) is 5.70. The molecule has 104 valence electrons. The first-order valence-corrected chi connectivity index (χ1v) is 7.63. The van der Waals surface area contributed by atoms with Gasteiger partial charge >= 0.3 is 0 Å². The molecule has 0 radical (unpaired) electrons. The number of hydrogen-bond acceptors (Lipinski definition) is 1. The summed E-state index contributed by atoms with van der Waals surface area (Å²) in [6.45, 7) is 2.94. The molecule has 1 nitrogen and oxygen atoms in total. The van der Waals surface area contributed by atoms with Crippen LogP contribution in [0.25, 0.3) is 0 Å². The summed E-state index contributed by atoms with van der Waals surface area (Å²) in [6, 6.07) is 19.0. The monoisotopic (exact) mass is 266 g/mol. The molecule has 0 heterocycles. The van der Waals surface area contributed by atoms with Gasteiger partial charge in [0.2, 0.25) is 0 Å². The van der Waals surface area contributed by atoms with Crippen LogP contribution in [0.2, 0.25) is 0 Å². The van der Waals surface area contributed by atoms with Crippen LogP contribution in [0.1, 0.15) is 43.2 Å². The van der Waals surface area contributed by atoms with Crippen molar-refractivity contribution >= 4 is 0 Å². The van der Waals surface area contributed by atoms with Crippen molar-refractivity contribution < 1.29 is 4.74 Å². The largest absolute Gasteiger partial charge is 0.489 e. The summed E-state index contributed by atoms with van der Waals surface area (Å²) in [7, 11) is 0. The summed E-state index contributed by atoms with van der Waals surface area (Å²) in [6.07, 6.45) is 4.02. The number of benzene rings is 2. The van der Waals surface area contributed by atoms with Gasteiger partial charge in [0.15, 0.2) is 0 Å². The minimum Gasteiger partial charge on any atom is -0.489 e. The third-order valence-corrected chi connectivity index (χ3v) is 4.17. The Balaban J connectivity index is 1.68. The third kappa shape index (κ3) is 3.22. The Morgan fingerprint density at radius 2 is 1.85 bits per heavy atom. The summed E-state index contributed by atoms with van der Waals surface area (Å²) >= 11 is 0. The van der Waals surface area contributed by atoms with Crippen LogP contribution >= 0.6 is 0 Å². The molecule has 2 aromatic rings. The van der Waals surface area contributed by atoms with E-state index >= 15 is 0 Å². The minimum atomic E-state index is 0.643. The maximum absolute atomic E-state index is 5.93. The first kappa shape index (κ1) is 13.2. The zero-order valence-corrected chi connectivity index (χ0v) is 12.1.